The van der Waals surface area contributed by atoms with E-state index < -0.39 is 6.61 Å². The van der Waals surface area contributed by atoms with Gasteiger partial charge in [-0.2, -0.15) is 8.78 Å². The molecule has 0 saturated carbocycles. The number of methoxy groups -OCH3 is 1. The second kappa shape index (κ2) is 8.01. The lowest BCUT2D eigenvalue weighted by Crippen LogP contribution is -2.19. The van der Waals surface area contributed by atoms with Gasteiger partial charge < -0.3 is 14.8 Å². The van der Waals surface area contributed by atoms with Gasteiger partial charge in [-0.3, -0.25) is 4.79 Å². The Hall–Kier alpha value is -2.87. The Labute approximate surface area is 152 Å². The molecule has 3 rings (SSSR count). The lowest BCUT2D eigenvalue weighted by atomic mass is 10.2. The van der Waals surface area contributed by atoms with Crippen molar-refractivity contribution < 1.29 is 23.0 Å². The van der Waals surface area contributed by atoms with Crippen LogP contribution in [0.1, 0.15) is 5.56 Å². The summed E-state index contributed by atoms with van der Waals surface area (Å²) in [6.07, 6.45) is 1.57. The van der Waals surface area contributed by atoms with E-state index in [0.29, 0.717) is 21.3 Å². The minimum atomic E-state index is -2.97. The average Bonchev–Trinajstić information content (AvgIpc) is 2.94. The maximum atomic E-state index is 12.5. The molecule has 0 atom stereocenters. The minimum absolute atomic E-state index is 0.0987. The van der Waals surface area contributed by atoms with E-state index in [1.54, 1.807) is 12.1 Å². The van der Waals surface area contributed by atoms with Gasteiger partial charge in [0.15, 0.2) is 16.7 Å². The van der Waals surface area contributed by atoms with E-state index in [2.05, 4.69) is 15.0 Å². The van der Waals surface area contributed by atoms with E-state index in [1.807, 2.05) is 30.3 Å². The first kappa shape index (κ1) is 17.9. The van der Waals surface area contributed by atoms with Crippen LogP contribution in [0.3, 0.4) is 0 Å². The molecule has 0 spiro atoms. The number of hydrogen-bond acceptors (Lipinski definition) is 5. The monoisotopic (exact) mass is 376 g/mol. The van der Waals surface area contributed by atoms with Crippen molar-refractivity contribution in [3.63, 3.8) is 0 Å². The summed E-state index contributed by atoms with van der Waals surface area (Å²) in [5.41, 5.74) is 1.24. The first-order valence-electron chi connectivity index (χ1n) is 7.52. The molecule has 26 heavy (non-hydrogen) atoms. The van der Waals surface area contributed by atoms with E-state index in [9.17, 15) is 13.6 Å². The number of rotatable bonds is 5. The van der Waals surface area contributed by atoms with Crippen LogP contribution in [0, 0.1) is 0 Å². The molecular weight excluding hydrogens is 362 g/mol. The minimum Gasteiger partial charge on any atom is -0.493 e. The molecule has 1 aliphatic rings. The molecule has 8 heteroatoms. The summed E-state index contributed by atoms with van der Waals surface area (Å²) in [6.45, 7) is -2.97. The molecule has 134 valence electrons. The van der Waals surface area contributed by atoms with Crippen molar-refractivity contribution in [3.8, 4) is 11.5 Å². The van der Waals surface area contributed by atoms with Crippen LogP contribution >= 0.6 is 11.8 Å². The Bertz CT molecular complexity index is 870. The van der Waals surface area contributed by atoms with Crippen molar-refractivity contribution in [3.05, 3.63) is 59.0 Å². The second-order valence-electron chi connectivity index (χ2n) is 5.11. The van der Waals surface area contributed by atoms with Gasteiger partial charge >= 0.3 is 6.61 Å². The highest BCUT2D eigenvalue weighted by molar-refractivity contribution is 8.18. The number of halogens is 2. The fourth-order valence-electron chi connectivity index (χ4n) is 2.22. The Balaban J connectivity index is 1.83. The zero-order valence-electron chi connectivity index (χ0n) is 13.6. The number of alkyl halides is 2. The summed E-state index contributed by atoms with van der Waals surface area (Å²) >= 11 is 1.17. The number of carbonyl (C=O) groups is 1. The zero-order valence-corrected chi connectivity index (χ0v) is 14.4. The SMILES string of the molecule is COc1ccc(/C=C2/SC(=Nc3ccccc3)NC2=O)cc1OC(F)F. The highest BCUT2D eigenvalue weighted by Gasteiger charge is 2.24. The highest BCUT2D eigenvalue weighted by atomic mass is 32.2. The highest BCUT2D eigenvalue weighted by Crippen LogP contribution is 2.33. The van der Waals surface area contributed by atoms with E-state index >= 15 is 0 Å². The summed E-state index contributed by atoms with van der Waals surface area (Å²) in [6, 6.07) is 13.7. The number of amides is 1. The van der Waals surface area contributed by atoms with Gasteiger partial charge in [0, 0.05) is 0 Å². The van der Waals surface area contributed by atoms with Crippen molar-refractivity contribution in [2.45, 2.75) is 6.61 Å². The number of para-hydroxylation sites is 1. The second-order valence-corrected chi connectivity index (χ2v) is 6.14. The summed E-state index contributed by atoms with van der Waals surface area (Å²) in [4.78, 5) is 16.9. The number of benzene rings is 2. The van der Waals surface area contributed by atoms with Crippen molar-refractivity contribution in [1.82, 2.24) is 5.32 Å². The van der Waals surface area contributed by atoms with E-state index in [1.165, 1.54) is 31.0 Å². The van der Waals surface area contributed by atoms with Crippen LogP contribution in [-0.2, 0) is 4.79 Å². The number of nitrogens with one attached hydrogen (secondary N) is 1. The molecule has 1 N–H and O–H groups in total. The van der Waals surface area contributed by atoms with Crippen LogP contribution in [0.25, 0.3) is 6.08 Å². The maximum Gasteiger partial charge on any atom is 0.387 e. The van der Waals surface area contributed by atoms with Crippen LogP contribution in [0.4, 0.5) is 14.5 Å². The predicted molar refractivity (Wildman–Crippen MR) is 96.9 cm³/mol. The number of carbonyl (C=O) groups excluding carboxylic acids is 1. The summed E-state index contributed by atoms with van der Waals surface area (Å²) < 4.78 is 34.5. The maximum absolute atomic E-state index is 12.5. The molecule has 1 fully saturated rings. The number of aliphatic imine (C=N–C) groups is 1. The Morgan fingerprint density at radius 2 is 1.92 bits per heavy atom. The van der Waals surface area contributed by atoms with E-state index in [0.717, 1.165) is 0 Å². The quantitative estimate of drug-likeness (QED) is 0.795. The average molecular weight is 376 g/mol. The van der Waals surface area contributed by atoms with Crippen LogP contribution in [0.5, 0.6) is 11.5 Å². The lowest BCUT2D eigenvalue weighted by Gasteiger charge is -2.10. The topological polar surface area (TPSA) is 59.9 Å². The van der Waals surface area contributed by atoms with Gasteiger partial charge in [0.2, 0.25) is 0 Å². The normalized spacial score (nSPS) is 17.0. The molecule has 0 bridgehead atoms. The Morgan fingerprint density at radius 3 is 2.62 bits per heavy atom. The predicted octanol–water partition coefficient (Wildman–Crippen LogP) is 4.19. The van der Waals surface area contributed by atoms with Crippen LogP contribution in [-0.4, -0.2) is 24.8 Å². The fraction of sp³-hybridized carbons (Fsp3) is 0.111. The first-order valence-corrected chi connectivity index (χ1v) is 8.34. The van der Waals surface area contributed by atoms with Gasteiger partial charge in [0.05, 0.1) is 17.7 Å². The Morgan fingerprint density at radius 1 is 1.15 bits per heavy atom. The third-order valence-electron chi connectivity index (χ3n) is 3.34. The third kappa shape index (κ3) is 4.40. The van der Waals surface area contributed by atoms with Gasteiger partial charge in [0.1, 0.15) is 0 Å². The summed E-state index contributed by atoms with van der Waals surface area (Å²) in [7, 11) is 1.36. The Kier molecular flexibility index (Phi) is 5.52. The third-order valence-corrected chi connectivity index (χ3v) is 4.25. The van der Waals surface area contributed by atoms with E-state index in [4.69, 9.17) is 4.74 Å². The first-order chi connectivity index (χ1) is 12.5. The van der Waals surface area contributed by atoms with Crippen molar-refractivity contribution >= 4 is 34.6 Å². The number of hydrogen-bond donors (Lipinski definition) is 1. The molecule has 0 radical (unpaired) electrons. The lowest BCUT2D eigenvalue weighted by molar-refractivity contribution is -0.115. The van der Waals surface area contributed by atoms with Gasteiger partial charge in [-0.05, 0) is 47.7 Å². The van der Waals surface area contributed by atoms with Gasteiger partial charge in [-0.25, -0.2) is 4.99 Å². The van der Waals surface area contributed by atoms with E-state index in [-0.39, 0.29) is 17.4 Å². The van der Waals surface area contributed by atoms with Crippen LogP contribution in [0.15, 0.2) is 58.4 Å². The summed E-state index contributed by atoms with van der Waals surface area (Å²) in [5.74, 6) is -0.224. The van der Waals surface area contributed by atoms with Gasteiger partial charge in [-0.1, -0.05) is 24.3 Å². The van der Waals surface area contributed by atoms with Crippen molar-refractivity contribution in [2.24, 2.45) is 4.99 Å². The van der Waals surface area contributed by atoms with Crippen molar-refractivity contribution in [2.75, 3.05) is 7.11 Å². The molecule has 1 heterocycles. The molecule has 0 aliphatic carbocycles. The molecule has 5 nitrogen and oxygen atoms in total. The number of thioether (sulfide) groups is 1. The molecule has 1 amide bonds. The molecule has 0 aromatic heterocycles. The van der Waals surface area contributed by atoms with Crippen LogP contribution < -0.4 is 14.8 Å². The molecule has 2 aromatic rings. The van der Waals surface area contributed by atoms with Gasteiger partial charge in [0.25, 0.3) is 5.91 Å². The molecule has 1 saturated heterocycles. The molecule has 0 unspecified atom stereocenters. The van der Waals surface area contributed by atoms with Crippen LogP contribution in [0.2, 0.25) is 0 Å². The number of amidine groups is 1. The van der Waals surface area contributed by atoms with Crippen molar-refractivity contribution in [1.29, 1.82) is 0 Å². The molecular formula is C18H14F2N2O3S. The zero-order chi connectivity index (χ0) is 18.5. The summed E-state index contributed by atoms with van der Waals surface area (Å²) in [5, 5.41) is 3.12. The smallest absolute Gasteiger partial charge is 0.387 e. The largest absolute Gasteiger partial charge is 0.493 e. The number of ether oxygens (including phenoxy) is 2. The molecule has 2 aromatic carbocycles. The standard InChI is InChI=1S/C18H14F2N2O3S/c1-24-13-8-7-11(9-14(13)25-17(19)20)10-15-16(23)22-18(26-15)21-12-5-3-2-4-6-12/h2-10,17H,1H3,(H,21,22,23)/b15-10+. The van der Waals surface area contributed by atoms with Gasteiger partial charge in [-0.15, -0.1) is 0 Å². The number of nitrogens with zero attached hydrogens (tertiary/aromatic N) is 1. The molecule has 1 aliphatic heterocycles. The fourth-order valence-corrected chi connectivity index (χ4v) is 3.06.